The SMILES string of the molecule is COc1ccccc1NC(=O)NC(C)CCc1ccc(O)cc1. The predicted molar refractivity (Wildman–Crippen MR) is 91.0 cm³/mol. The Hall–Kier alpha value is -2.69. The molecule has 2 aromatic rings. The highest BCUT2D eigenvalue weighted by Crippen LogP contribution is 2.22. The third-order valence-electron chi connectivity index (χ3n) is 3.54. The van der Waals surface area contributed by atoms with Crippen LogP contribution in [0.25, 0.3) is 0 Å². The molecule has 0 saturated heterocycles. The summed E-state index contributed by atoms with van der Waals surface area (Å²) in [5.41, 5.74) is 1.76. The van der Waals surface area contributed by atoms with Gasteiger partial charge < -0.3 is 20.5 Å². The van der Waals surface area contributed by atoms with E-state index in [2.05, 4.69) is 10.6 Å². The zero-order valence-corrected chi connectivity index (χ0v) is 13.4. The molecule has 5 nitrogen and oxygen atoms in total. The van der Waals surface area contributed by atoms with E-state index in [-0.39, 0.29) is 17.8 Å². The van der Waals surface area contributed by atoms with Crippen LogP contribution in [0.2, 0.25) is 0 Å². The number of aryl methyl sites for hydroxylation is 1. The number of ether oxygens (including phenoxy) is 1. The van der Waals surface area contributed by atoms with Crippen LogP contribution in [-0.2, 0) is 6.42 Å². The number of para-hydroxylation sites is 2. The van der Waals surface area contributed by atoms with Crippen molar-refractivity contribution in [2.75, 3.05) is 12.4 Å². The summed E-state index contributed by atoms with van der Waals surface area (Å²) in [6, 6.07) is 14.2. The lowest BCUT2D eigenvalue weighted by molar-refractivity contribution is 0.248. The minimum Gasteiger partial charge on any atom is -0.508 e. The van der Waals surface area contributed by atoms with Crippen LogP contribution >= 0.6 is 0 Å². The molecule has 0 saturated carbocycles. The number of phenols is 1. The van der Waals surface area contributed by atoms with Crippen LogP contribution in [0, 0.1) is 0 Å². The lowest BCUT2D eigenvalue weighted by atomic mass is 10.1. The zero-order chi connectivity index (χ0) is 16.7. The van der Waals surface area contributed by atoms with Crippen LogP contribution in [-0.4, -0.2) is 24.3 Å². The Kier molecular flexibility index (Phi) is 5.86. The second-order valence-corrected chi connectivity index (χ2v) is 5.40. The number of urea groups is 1. The van der Waals surface area contributed by atoms with Crippen LogP contribution in [0.5, 0.6) is 11.5 Å². The molecule has 0 radical (unpaired) electrons. The maximum absolute atomic E-state index is 12.0. The molecule has 1 unspecified atom stereocenters. The molecule has 0 fully saturated rings. The van der Waals surface area contributed by atoms with Crippen LogP contribution in [0.15, 0.2) is 48.5 Å². The first-order chi connectivity index (χ1) is 11.1. The van der Waals surface area contributed by atoms with Gasteiger partial charge in [-0.3, -0.25) is 0 Å². The molecule has 2 aromatic carbocycles. The van der Waals surface area contributed by atoms with Crippen molar-refractivity contribution in [3.8, 4) is 11.5 Å². The molecule has 122 valence electrons. The topological polar surface area (TPSA) is 70.6 Å². The molecule has 0 aliphatic rings. The van der Waals surface area contributed by atoms with Gasteiger partial charge in [0.15, 0.2) is 0 Å². The first-order valence-electron chi connectivity index (χ1n) is 7.57. The Balaban J connectivity index is 1.81. The molecular formula is C18H22N2O3. The largest absolute Gasteiger partial charge is 0.508 e. The molecule has 0 heterocycles. The molecule has 5 heteroatoms. The third-order valence-corrected chi connectivity index (χ3v) is 3.54. The van der Waals surface area contributed by atoms with Gasteiger partial charge >= 0.3 is 6.03 Å². The standard InChI is InChI=1S/C18H22N2O3/c1-13(7-8-14-9-11-15(21)12-10-14)19-18(22)20-16-5-3-4-6-17(16)23-2/h3-6,9-13,21H,7-8H2,1-2H3,(H2,19,20,22). The first kappa shape index (κ1) is 16.7. The van der Waals surface area contributed by atoms with Gasteiger partial charge in [-0.2, -0.15) is 0 Å². The molecule has 0 aliphatic heterocycles. The molecule has 23 heavy (non-hydrogen) atoms. The number of amides is 2. The van der Waals surface area contributed by atoms with Crippen molar-refractivity contribution >= 4 is 11.7 Å². The highest BCUT2D eigenvalue weighted by atomic mass is 16.5. The lowest BCUT2D eigenvalue weighted by Crippen LogP contribution is -2.36. The summed E-state index contributed by atoms with van der Waals surface area (Å²) in [5, 5.41) is 15.0. The fourth-order valence-electron chi connectivity index (χ4n) is 2.25. The van der Waals surface area contributed by atoms with E-state index < -0.39 is 0 Å². The Labute approximate surface area is 136 Å². The van der Waals surface area contributed by atoms with Gasteiger partial charge in [0.1, 0.15) is 11.5 Å². The minimum atomic E-state index is -0.257. The number of phenolic OH excluding ortho intramolecular Hbond substituents is 1. The summed E-state index contributed by atoms with van der Waals surface area (Å²) in [6.45, 7) is 1.96. The summed E-state index contributed by atoms with van der Waals surface area (Å²) in [5.74, 6) is 0.885. The van der Waals surface area contributed by atoms with Gasteiger partial charge in [0.05, 0.1) is 12.8 Å². The van der Waals surface area contributed by atoms with Crippen LogP contribution in [0.1, 0.15) is 18.9 Å². The second-order valence-electron chi connectivity index (χ2n) is 5.40. The van der Waals surface area contributed by atoms with Crippen molar-refractivity contribution in [3.63, 3.8) is 0 Å². The van der Waals surface area contributed by atoms with E-state index in [9.17, 15) is 9.90 Å². The summed E-state index contributed by atoms with van der Waals surface area (Å²) >= 11 is 0. The maximum Gasteiger partial charge on any atom is 0.319 e. The van der Waals surface area contributed by atoms with Crippen LogP contribution < -0.4 is 15.4 Å². The normalized spacial score (nSPS) is 11.6. The monoisotopic (exact) mass is 314 g/mol. The maximum atomic E-state index is 12.0. The molecule has 1 atom stereocenters. The number of anilines is 1. The van der Waals surface area contributed by atoms with Crippen molar-refractivity contribution in [1.82, 2.24) is 5.32 Å². The van der Waals surface area contributed by atoms with Crippen LogP contribution in [0.4, 0.5) is 10.5 Å². The van der Waals surface area contributed by atoms with E-state index in [1.54, 1.807) is 31.4 Å². The Morgan fingerprint density at radius 3 is 2.57 bits per heavy atom. The van der Waals surface area contributed by atoms with E-state index in [0.717, 1.165) is 18.4 Å². The average Bonchev–Trinajstić information content (AvgIpc) is 2.54. The number of methoxy groups -OCH3 is 1. The van der Waals surface area contributed by atoms with Gasteiger partial charge in [0, 0.05) is 6.04 Å². The van der Waals surface area contributed by atoms with Gasteiger partial charge in [-0.15, -0.1) is 0 Å². The summed E-state index contributed by atoms with van der Waals surface area (Å²) in [6.07, 6.45) is 1.64. The molecule has 0 aromatic heterocycles. The highest BCUT2D eigenvalue weighted by Gasteiger charge is 2.10. The zero-order valence-electron chi connectivity index (χ0n) is 13.4. The molecule has 2 amide bonds. The predicted octanol–water partition coefficient (Wildman–Crippen LogP) is 3.54. The van der Waals surface area contributed by atoms with Crippen LogP contribution in [0.3, 0.4) is 0 Å². The number of hydrogen-bond acceptors (Lipinski definition) is 3. The fraction of sp³-hybridized carbons (Fsp3) is 0.278. The number of hydrogen-bond donors (Lipinski definition) is 3. The highest BCUT2D eigenvalue weighted by molar-refractivity contribution is 5.91. The van der Waals surface area contributed by atoms with Crippen molar-refractivity contribution in [1.29, 1.82) is 0 Å². The van der Waals surface area contributed by atoms with Gasteiger partial charge in [-0.05, 0) is 49.6 Å². The van der Waals surface area contributed by atoms with Crippen molar-refractivity contribution in [3.05, 3.63) is 54.1 Å². The summed E-state index contributed by atoms with van der Waals surface area (Å²) in [7, 11) is 1.57. The van der Waals surface area contributed by atoms with Gasteiger partial charge in [-0.1, -0.05) is 24.3 Å². The van der Waals surface area contributed by atoms with Gasteiger partial charge in [0.2, 0.25) is 0 Å². The Morgan fingerprint density at radius 2 is 1.87 bits per heavy atom. The number of aromatic hydroxyl groups is 1. The van der Waals surface area contributed by atoms with E-state index in [0.29, 0.717) is 11.4 Å². The Morgan fingerprint density at radius 1 is 1.17 bits per heavy atom. The minimum absolute atomic E-state index is 0.0264. The first-order valence-corrected chi connectivity index (χ1v) is 7.57. The summed E-state index contributed by atoms with van der Waals surface area (Å²) in [4.78, 5) is 12.0. The number of nitrogens with one attached hydrogen (secondary N) is 2. The lowest BCUT2D eigenvalue weighted by Gasteiger charge is -2.16. The molecule has 0 spiro atoms. The molecule has 2 rings (SSSR count). The summed E-state index contributed by atoms with van der Waals surface area (Å²) < 4.78 is 5.20. The second kappa shape index (κ2) is 8.08. The number of benzene rings is 2. The average molecular weight is 314 g/mol. The Bertz CT molecular complexity index is 641. The molecular weight excluding hydrogens is 292 g/mol. The number of rotatable bonds is 6. The van der Waals surface area contributed by atoms with Gasteiger partial charge in [0.25, 0.3) is 0 Å². The molecule has 0 aliphatic carbocycles. The van der Waals surface area contributed by atoms with Crippen molar-refractivity contribution < 1.29 is 14.6 Å². The quantitative estimate of drug-likeness (QED) is 0.763. The molecule has 0 bridgehead atoms. The van der Waals surface area contributed by atoms with E-state index in [4.69, 9.17) is 4.74 Å². The van der Waals surface area contributed by atoms with Crippen molar-refractivity contribution in [2.45, 2.75) is 25.8 Å². The molecule has 3 N–H and O–H groups in total. The number of carbonyl (C=O) groups is 1. The van der Waals surface area contributed by atoms with Gasteiger partial charge in [-0.25, -0.2) is 4.79 Å². The third kappa shape index (κ3) is 5.21. The fourth-order valence-corrected chi connectivity index (χ4v) is 2.25. The van der Waals surface area contributed by atoms with E-state index >= 15 is 0 Å². The van der Waals surface area contributed by atoms with E-state index in [1.807, 2.05) is 31.2 Å². The smallest absolute Gasteiger partial charge is 0.319 e. The van der Waals surface area contributed by atoms with E-state index in [1.165, 1.54) is 0 Å². The van der Waals surface area contributed by atoms with Crippen molar-refractivity contribution in [2.24, 2.45) is 0 Å². The number of carbonyl (C=O) groups excluding carboxylic acids is 1.